The molecule has 1 aliphatic heterocycles. The van der Waals surface area contributed by atoms with Gasteiger partial charge in [0, 0.05) is 6.20 Å². The van der Waals surface area contributed by atoms with Crippen LogP contribution in [0.2, 0.25) is 0 Å². The number of fused-ring (bicyclic) bond motifs is 1. The largest absolute Gasteiger partial charge is 0.454 e. The van der Waals surface area contributed by atoms with Crippen LogP contribution in [0.15, 0.2) is 42.6 Å². The van der Waals surface area contributed by atoms with Crippen molar-refractivity contribution in [3.8, 4) is 11.5 Å². The summed E-state index contributed by atoms with van der Waals surface area (Å²) in [6.45, 7) is 2.55. The lowest BCUT2D eigenvalue weighted by molar-refractivity contribution is 0.174. The molecule has 2 aromatic rings. The molecule has 1 atom stereocenters. The van der Waals surface area contributed by atoms with Crippen molar-refractivity contribution < 1.29 is 14.3 Å². The maximum absolute atomic E-state index is 11.9. The number of hydrogen-bond acceptors (Lipinski definition) is 4. The number of pyridine rings is 1. The van der Waals surface area contributed by atoms with Gasteiger partial charge in [0.15, 0.2) is 11.5 Å². The Morgan fingerprint density at radius 1 is 1.27 bits per heavy atom. The molecule has 6 heteroatoms. The van der Waals surface area contributed by atoms with E-state index in [0.717, 1.165) is 17.0 Å². The smallest absolute Gasteiger partial charge is 0.315 e. The Kier molecular flexibility index (Phi) is 4.09. The lowest BCUT2D eigenvalue weighted by Gasteiger charge is -2.15. The van der Waals surface area contributed by atoms with Gasteiger partial charge >= 0.3 is 6.03 Å². The Balaban J connectivity index is 1.55. The van der Waals surface area contributed by atoms with Crippen molar-refractivity contribution >= 4 is 6.03 Å². The first kappa shape index (κ1) is 14.2. The van der Waals surface area contributed by atoms with Gasteiger partial charge in [0.1, 0.15) is 0 Å². The number of carbonyl (C=O) groups is 1. The number of nitrogens with zero attached hydrogens (tertiary/aromatic N) is 1. The summed E-state index contributed by atoms with van der Waals surface area (Å²) < 4.78 is 10.6. The van der Waals surface area contributed by atoms with E-state index in [9.17, 15) is 4.79 Å². The molecule has 0 spiro atoms. The Bertz CT molecular complexity index is 661. The predicted molar refractivity (Wildman–Crippen MR) is 80.6 cm³/mol. The van der Waals surface area contributed by atoms with Crippen LogP contribution in [-0.2, 0) is 6.54 Å². The molecule has 1 aromatic heterocycles. The minimum atomic E-state index is -0.240. The number of amides is 2. The highest BCUT2D eigenvalue weighted by molar-refractivity contribution is 5.74. The van der Waals surface area contributed by atoms with E-state index in [1.165, 1.54) is 0 Å². The number of hydrogen-bond donors (Lipinski definition) is 2. The van der Waals surface area contributed by atoms with Gasteiger partial charge in [0.05, 0.1) is 18.3 Å². The third-order valence-corrected chi connectivity index (χ3v) is 3.40. The molecule has 2 N–H and O–H groups in total. The monoisotopic (exact) mass is 299 g/mol. The molecule has 0 bridgehead atoms. The van der Waals surface area contributed by atoms with Crippen molar-refractivity contribution in [1.29, 1.82) is 0 Å². The fourth-order valence-corrected chi connectivity index (χ4v) is 2.19. The lowest BCUT2D eigenvalue weighted by Crippen LogP contribution is -2.36. The van der Waals surface area contributed by atoms with Crippen molar-refractivity contribution in [3.05, 3.63) is 53.9 Å². The molecule has 3 rings (SSSR count). The van der Waals surface area contributed by atoms with Gasteiger partial charge in [-0.3, -0.25) is 4.98 Å². The van der Waals surface area contributed by atoms with Crippen LogP contribution < -0.4 is 20.1 Å². The van der Waals surface area contributed by atoms with E-state index in [1.807, 2.05) is 43.3 Å². The molecular weight excluding hydrogens is 282 g/mol. The molecule has 2 amide bonds. The van der Waals surface area contributed by atoms with E-state index < -0.39 is 0 Å². The zero-order valence-corrected chi connectivity index (χ0v) is 12.2. The van der Waals surface area contributed by atoms with Crippen molar-refractivity contribution in [2.75, 3.05) is 6.79 Å². The number of nitrogens with one attached hydrogen (secondary N) is 2. The van der Waals surface area contributed by atoms with Gasteiger partial charge in [0.25, 0.3) is 0 Å². The first-order valence-electron chi connectivity index (χ1n) is 7.06. The summed E-state index contributed by atoms with van der Waals surface area (Å²) in [7, 11) is 0. The van der Waals surface area contributed by atoms with Crippen LogP contribution in [-0.4, -0.2) is 17.8 Å². The summed E-state index contributed by atoms with van der Waals surface area (Å²) in [6.07, 6.45) is 1.70. The van der Waals surface area contributed by atoms with Gasteiger partial charge in [0.2, 0.25) is 6.79 Å². The zero-order valence-electron chi connectivity index (χ0n) is 12.2. The SMILES string of the molecule is CC(NC(=O)NCc1ccccn1)c1ccc2c(c1)OCO2. The molecule has 0 saturated heterocycles. The highest BCUT2D eigenvalue weighted by atomic mass is 16.7. The second-order valence-electron chi connectivity index (χ2n) is 4.98. The summed E-state index contributed by atoms with van der Waals surface area (Å²) in [6, 6.07) is 10.9. The summed E-state index contributed by atoms with van der Waals surface area (Å²) in [5, 5.41) is 5.67. The lowest BCUT2D eigenvalue weighted by atomic mass is 10.1. The summed E-state index contributed by atoms with van der Waals surface area (Å²) in [5.74, 6) is 1.44. The van der Waals surface area contributed by atoms with Crippen molar-refractivity contribution in [2.24, 2.45) is 0 Å². The number of ether oxygens (including phenoxy) is 2. The molecule has 0 radical (unpaired) electrons. The Morgan fingerprint density at radius 3 is 2.95 bits per heavy atom. The predicted octanol–water partition coefficient (Wildman–Crippen LogP) is 2.37. The molecule has 1 aliphatic rings. The molecule has 6 nitrogen and oxygen atoms in total. The van der Waals surface area contributed by atoms with Crippen LogP contribution in [0.25, 0.3) is 0 Å². The summed E-state index contributed by atoms with van der Waals surface area (Å²) >= 11 is 0. The second-order valence-corrected chi connectivity index (χ2v) is 4.98. The first-order chi connectivity index (χ1) is 10.7. The van der Waals surface area contributed by atoms with E-state index >= 15 is 0 Å². The molecule has 114 valence electrons. The van der Waals surface area contributed by atoms with Gasteiger partial charge in [-0.25, -0.2) is 4.79 Å². The average molecular weight is 299 g/mol. The number of urea groups is 1. The standard InChI is InChI=1S/C16H17N3O3/c1-11(12-5-6-14-15(8-12)22-10-21-14)19-16(20)18-9-13-4-2-3-7-17-13/h2-8,11H,9-10H2,1H3,(H2,18,19,20). The molecule has 2 heterocycles. The Hall–Kier alpha value is -2.76. The first-order valence-corrected chi connectivity index (χ1v) is 7.06. The zero-order chi connectivity index (χ0) is 15.4. The quantitative estimate of drug-likeness (QED) is 0.909. The topological polar surface area (TPSA) is 72.5 Å². The van der Waals surface area contributed by atoms with E-state index in [-0.39, 0.29) is 18.9 Å². The van der Waals surface area contributed by atoms with Gasteiger partial charge in [-0.2, -0.15) is 0 Å². The molecule has 22 heavy (non-hydrogen) atoms. The molecule has 1 unspecified atom stereocenters. The minimum Gasteiger partial charge on any atom is -0.454 e. The van der Waals surface area contributed by atoms with Crippen LogP contribution in [0.3, 0.4) is 0 Å². The van der Waals surface area contributed by atoms with E-state index in [0.29, 0.717) is 12.3 Å². The van der Waals surface area contributed by atoms with Gasteiger partial charge in [-0.15, -0.1) is 0 Å². The normalized spacial score (nSPS) is 13.5. The minimum absolute atomic E-state index is 0.141. The Labute approximate surface area is 128 Å². The summed E-state index contributed by atoms with van der Waals surface area (Å²) in [5.41, 5.74) is 1.77. The van der Waals surface area contributed by atoms with Crippen LogP contribution in [0.5, 0.6) is 11.5 Å². The van der Waals surface area contributed by atoms with Crippen molar-refractivity contribution in [3.63, 3.8) is 0 Å². The molecule has 0 fully saturated rings. The highest BCUT2D eigenvalue weighted by Crippen LogP contribution is 2.34. The average Bonchev–Trinajstić information content (AvgIpc) is 3.01. The van der Waals surface area contributed by atoms with Crippen molar-refractivity contribution in [2.45, 2.75) is 19.5 Å². The number of rotatable bonds is 4. The fourth-order valence-electron chi connectivity index (χ4n) is 2.19. The third-order valence-electron chi connectivity index (χ3n) is 3.40. The summed E-state index contributed by atoms with van der Waals surface area (Å²) in [4.78, 5) is 16.1. The van der Waals surface area contributed by atoms with E-state index in [2.05, 4.69) is 15.6 Å². The molecular formula is C16H17N3O3. The van der Waals surface area contributed by atoms with E-state index in [4.69, 9.17) is 9.47 Å². The molecule has 0 saturated carbocycles. The fraction of sp³-hybridized carbons (Fsp3) is 0.250. The third kappa shape index (κ3) is 3.28. The maximum atomic E-state index is 11.9. The highest BCUT2D eigenvalue weighted by Gasteiger charge is 2.16. The second kappa shape index (κ2) is 6.34. The number of benzene rings is 1. The van der Waals surface area contributed by atoms with Crippen LogP contribution in [0, 0.1) is 0 Å². The number of carbonyl (C=O) groups excluding carboxylic acids is 1. The molecule has 1 aromatic carbocycles. The Morgan fingerprint density at radius 2 is 2.14 bits per heavy atom. The van der Waals surface area contributed by atoms with Gasteiger partial charge < -0.3 is 20.1 Å². The van der Waals surface area contributed by atoms with Gasteiger partial charge in [-0.05, 0) is 36.8 Å². The molecule has 0 aliphatic carbocycles. The van der Waals surface area contributed by atoms with E-state index in [1.54, 1.807) is 6.20 Å². The maximum Gasteiger partial charge on any atom is 0.315 e. The van der Waals surface area contributed by atoms with Crippen LogP contribution >= 0.6 is 0 Å². The number of aromatic nitrogens is 1. The van der Waals surface area contributed by atoms with Crippen LogP contribution in [0.1, 0.15) is 24.2 Å². The van der Waals surface area contributed by atoms with Crippen molar-refractivity contribution in [1.82, 2.24) is 15.6 Å². The van der Waals surface area contributed by atoms with Crippen LogP contribution in [0.4, 0.5) is 4.79 Å². The van der Waals surface area contributed by atoms with Gasteiger partial charge in [-0.1, -0.05) is 12.1 Å².